The largest absolute Gasteiger partial charge is 0.493 e. The Kier molecular flexibility index (Phi) is 5.02. The molecule has 2 aromatic rings. The Morgan fingerprint density at radius 2 is 2.00 bits per heavy atom. The molecule has 1 heterocycles. The van der Waals surface area contributed by atoms with Crippen molar-refractivity contribution in [2.45, 2.75) is 13.1 Å². The minimum atomic E-state index is -4.45. The molecular weight excluding hydrogens is 305 g/mol. The van der Waals surface area contributed by atoms with Crippen molar-refractivity contribution in [1.29, 1.82) is 5.26 Å². The summed E-state index contributed by atoms with van der Waals surface area (Å²) in [6, 6.07) is 11.1. The maximum Gasteiger partial charge on any atom is 0.417 e. The van der Waals surface area contributed by atoms with E-state index in [1.54, 1.807) is 30.3 Å². The Hall–Kier alpha value is -2.81. The lowest BCUT2D eigenvalue weighted by Gasteiger charge is -2.08. The quantitative estimate of drug-likeness (QED) is 0.776. The van der Waals surface area contributed by atoms with Crippen LogP contribution in [-0.4, -0.2) is 11.6 Å². The van der Waals surface area contributed by atoms with Gasteiger partial charge in [0, 0.05) is 11.8 Å². The number of allylic oxidation sites excluding steroid dienone is 1. The molecule has 1 aromatic heterocycles. The van der Waals surface area contributed by atoms with Crippen molar-refractivity contribution in [3.8, 4) is 11.8 Å². The number of alkyl halides is 3. The summed E-state index contributed by atoms with van der Waals surface area (Å²) in [5, 5.41) is 9.27. The Bertz CT molecular complexity index is 744. The number of halogens is 3. The fourth-order valence-corrected chi connectivity index (χ4v) is 1.93. The summed E-state index contributed by atoms with van der Waals surface area (Å²) in [4.78, 5) is 3.74. The monoisotopic (exact) mass is 318 g/mol. The number of aromatic nitrogens is 1. The number of nitrogens with zero attached hydrogens (tertiary/aromatic N) is 2. The van der Waals surface area contributed by atoms with E-state index in [1.807, 2.05) is 13.0 Å². The highest BCUT2D eigenvalue weighted by Crippen LogP contribution is 2.29. The van der Waals surface area contributed by atoms with Crippen molar-refractivity contribution in [2.75, 3.05) is 6.61 Å². The van der Waals surface area contributed by atoms with Gasteiger partial charge in [0.05, 0.1) is 23.4 Å². The zero-order chi connectivity index (χ0) is 16.9. The third-order valence-corrected chi connectivity index (χ3v) is 3.01. The molecule has 0 fully saturated rings. The van der Waals surface area contributed by atoms with E-state index in [1.165, 1.54) is 6.07 Å². The molecule has 118 valence electrons. The third-order valence-electron chi connectivity index (χ3n) is 3.01. The lowest BCUT2D eigenvalue weighted by atomic mass is 10.1. The predicted molar refractivity (Wildman–Crippen MR) is 80.3 cm³/mol. The van der Waals surface area contributed by atoms with Gasteiger partial charge >= 0.3 is 6.18 Å². The zero-order valence-corrected chi connectivity index (χ0v) is 12.3. The molecule has 0 bridgehead atoms. The molecule has 0 saturated heterocycles. The summed E-state index contributed by atoms with van der Waals surface area (Å²) in [5.74, 6) is 0.592. The maximum atomic E-state index is 12.6. The number of benzene rings is 1. The topological polar surface area (TPSA) is 45.9 Å². The smallest absolute Gasteiger partial charge is 0.417 e. The number of hydrogen-bond donors (Lipinski definition) is 0. The summed E-state index contributed by atoms with van der Waals surface area (Å²) >= 11 is 0. The van der Waals surface area contributed by atoms with Crippen LogP contribution in [0, 0.1) is 11.3 Å². The second-order valence-corrected chi connectivity index (χ2v) is 4.57. The molecule has 0 aliphatic rings. The first-order chi connectivity index (χ1) is 11.0. The molecule has 0 aliphatic carbocycles. The molecule has 0 atom stereocenters. The highest BCUT2D eigenvalue weighted by atomic mass is 19.4. The van der Waals surface area contributed by atoms with Crippen LogP contribution >= 0.6 is 0 Å². The third kappa shape index (κ3) is 4.10. The van der Waals surface area contributed by atoms with Gasteiger partial charge in [-0.15, -0.1) is 0 Å². The van der Waals surface area contributed by atoms with Crippen LogP contribution < -0.4 is 4.74 Å². The molecule has 23 heavy (non-hydrogen) atoms. The van der Waals surface area contributed by atoms with Crippen LogP contribution in [0.3, 0.4) is 0 Å². The van der Waals surface area contributed by atoms with Crippen LogP contribution in [0.25, 0.3) is 11.6 Å². The molecule has 0 N–H and O–H groups in total. The van der Waals surface area contributed by atoms with E-state index in [-0.39, 0.29) is 11.3 Å². The lowest BCUT2D eigenvalue weighted by molar-refractivity contribution is -0.137. The highest BCUT2D eigenvalue weighted by Gasteiger charge is 2.30. The summed E-state index contributed by atoms with van der Waals surface area (Å²) < 4.78 is 43.1. The van der Waals surface area contributed by atoms with E-state index in [0.29, 0.717) is 17.9 Å². The summed E-state index contributed by atoms with van der Waals surface area (Å²) in [5.41, 5.74) is 0.138. The molecular formula is C17H13F3N2O. The average Bonchev–Trinajstić information content (AvgIpc) is 2.53. The van der Waals surface area contributed by atoms with Crippen LogP contribution in [0.1, 0.15) is 23.7 Å². The molecule has 0 saturated carbocycles. The first-order valence-corrected chi connectivity index (χ1v) is 6.83. The Morgan fingerprint density at radius 1 is 1.26 bits per heavy atom. The van der Waals surface area contributed by atoms with Crippen molar-refractivity contribution < 1.29 is 17.9 Å². The van der Waals surface area contributed by atoms with Gasteiger partial charge in [0.1, 0.15) is 11.8 Å². The molecule has 0 spiro atoms. The minimum Gasteiger partial charge on any atom is -0.493 e. The van der Waals surface area contributed by atoms with Gasteiger partial charge in [0.2, 0.25) is 0 Å². The second-order valence-electron chi connectivity index (χ2n) is 4.57. The first-order valence-electron chi connectivity index (χ1n) is 6.83. The number of hydrogen-bond acceptors (Lipinski definition) is 3. The molecule has 3 nitrogen and oxygen atoms in total. The molecule has 0 aliphatic heterocycles. The lowest BCUT2D eigenvalue weighted by Crippen LogP contribution is -2.05. The van der Waals surface area contributed by atoms with Gasteiger partial charge in [-0.25, -0.2) is 0 Å². The van der Waals surface area contributed by atoms with Gasteiger partial charge < -0.3 is 4.74 Å². The molecule has 0 amide bonds. The van der Waals surface area contributed by atoms with E-state index in [2.05, 4.69) is 4.98 Å². The first kappa shape index (κ1) is 16.6. The Morgan fingerprint density at radius 3 is 2.57 bits per heavy atom. The average molecular weight is 318 g/mol. The number of ether oxygens (including phenoxy) is 1. The number of rotatable bonds is 4. The highest BCUT2D eigenvalue weighted by molar-refractivity contribution is 5.89. The predicted octanol–water partition coefficient (Wildman–Crippen LogP) is 4.56. The van der Waals surface area contributed by atoms with Crippen molar-refractivity contribution >= 4 is 11.6 Å². The molecule has 0 unspecified atom stereocenters. The van der Waals surface area contributed by atoms with Gasteiger partial charge in [-0.05, 0) is 31.2 Å². The van der Waals surface area contributed by atoms with Crippen LogP contribution in [0.2, 0.25) is 0 Å². The van der Waals surface area contributed by atoms with Crippen LogP contribution in [0.15, 0.2) is 42.6 Å². The standard InChI is InChI=1S/C17H13F3N2O/c1-2-23-16-6-4-3-5-12(16)9-13(10-21)15-8-7-14(11-22-15)17(18,19)20/h3-9,11H,2H2,1H3/b13-9+. The minimum absolute atomic E-state index is 0.158. The van der Waals surface area contributed by atoms with E-state index in [4.69, 9.17) is 4.74 Å². The number of pyridine rings is 1. The fraction of sp³-hybridized carbons (Fsp3) is 0.176. The normalized spacial score (nSPS) is 11.9. The van der Waals surface area contributed by atoms with E-state index in [0.717, 1.165) is 12.3 Å². The molecule has 0 radical (unpaired) electrons. The van der Waals surface area contributed by atoms with Gasteiger partial charge in [0.15, 0.2) is 0 Å². The SMILES string of the molecule is CCOc1ccccc1/C=C(\C#N)c1ccc(C(F)(F)F)cn1. The van der Waals surface area contributed by atoms with Crippen LogP contribution in [0.4, 0.5) is 13.2 Å². The fourth-order valence-electron chi connectivity index (χ4n) is 1.93. The van der Waals surface area contributed by atoms with E-state index >= 15 is 0 Å². The summed E-state index contributed by atoms with van der Waals surface area (Å²) in [6.45, 7) is 2.30. The van der Waals surface area contributed by atoms with Crippen molar-refractivity contribution in [1.82, 2.24) is 4.98 Å². The Labute approximate surface area is 131 Å². The van der Waals surface area contributed by atoms with Crippen molar-refractivity contribution in [3.05, 3.63) is 59.4 Å². The van der Waals surface area contributed by atoms with Crippen molar-refractivity contribution in [2.24, 2.45) is 0 Å². The van der Waals surface area contributed by atoms with Crippen molar-refractivity contribution in [3.63, 3.8) is 0 Å². The summed E-state index contributed by atoms with van der Waals surface area (Å²) in [7, 11) is 0. The van der Waals surface area contributed by atoms with Gasteiger partial charge in [0.25, 0.3) is 0 Å². The Balaban J connectivity index is 2.39. The second kappa shape index (κ2) is 6.97. The molecule has 6 heteroatoms. The van der Waals surface area contributed by atoms with Gasteiger partial charge in [-0.2, -0.15) is 18.4 Å². The van der Waals surface area contributed by atoms with Gasteiger partial charge in [-0.1, -0.05) is 18.2 Å². The molecule has 2 rings (SSSR count). The number of nitriles is 1. The van der Waals surface area contributed by atoms with Crippen LogP contribution in [-0.2, 0) is 6.18 Å². The van der Waals surface area contributed by atoms with E-state index in [9.17, 15) is 18.4 Å². The van der Waals surface area contributed by atoms with Crippen LogP contribution in [0.5, 0.6) is 5.75 Å². The zero-order valence-electron chi connectivity index (χ0n) is 12.3. The summed E-state index contributed by atoms with van der Waals surface area (Å²) in [6.07, 6.45) is -2.20. The van der Waals surface area contributed by atoms with E-state index < -0.39 is 11.7 Å². The number of para-hydroxylation sites is 1. The maximum absolute atomic E-state index is 12.6. The molecule has 1 aromatic carbocycles. The van der Waals surface area contributed by atoms with Gasteiger partial charge in [-0.3, -0.25) is 4.98 Å².